The largest absolute Gasteiger partial charge is 0.469 e. The van der Waals surface area contributed by atoms with E-state index in [1.165, 1.54) is 11.4 Å². The summed E-state index contributed by atoms with van der Waals surface area (Å²) >= 11 is 0. The summed E-state index contributed by atoms with van der Waals surface area (Å²) in [5, 5.41) is 3.15. The van der Waals surface area contributed by atoms with E-state index < -0.39 is 10.2 Å². The molecule has 1 N–H and O–H groups in total. The van der Waals surface area contributed by atoms with Gasteiger partial charge in [0.15, 0.2) is 0 Å². The van der Waals surface area contributed by atoms with Crippen LogP contribution in [0.3, 0.4) is 0 Å². The Labute approximate surface area is 126 Å². The number of carbonyl (C=O) groups excluding carboxylic acids is 1. The second-order valence-corrected chi connectivity index (χ2v) is 7.62. The maximum absolute atomic E-state index is 12.7. The lowest BCUT2D eigenvalue weighted by molar-refractivity contribution is -0.146. The molecule has 0 amide bonds. The first-order chi connectivity index (χ1) is 9.98. The number of esters is 1. The van der Waals surface area contributed by atoms with Crippen molar-refractivity contribution in [3.8, 4) is 0 Å². The topological polar surface area (TPSA) is 79.0 Å². The summed E-state index contributed by atoms with van der Waals surface area (Å²) in [6.07, 6.45) is 2.96. The Balaban J connectivity index is 1.96. The number of piperidine rings is 2. The molecule has 2 aliphatic heterocycles. The fourth-order valence-corrected chi connectivity index (χ4v) is 4.77. The Morgan fingerprint density at radius 2 is 1.81 bits per heavy atom. The zero-order valence-corrected chi connectivity index (χ0v) is 13.6. The zero-order chi connectivity index (χ0) is 15.5. The molecule has 122 valence electrons. The van der Waals surface area contributed by atoms with Crippen LogP contribution in [0.2, 0.25) is 0 Å². The predicted octanol–water partition coefficient (Wildman–Crippen LogP) is -0.200. The van der Waals surface area contributed by atoms with E-state index in [4.69, 9.17) is 4.74 Å². The summed E-state index contributed by atoms with van der Waals surface area (Å²) < 4.78 is 33.1. The summed E-state index contributed by atoms with van der Waals surface area (Å²) in [6.45, 7) is 1.89. The molecule has 8 heteroatoms. The molecule has 0 aromatic heterocycles. The molecular formula is C13H25N3O4S. The average molecular weight is 319 g/mol. The number of ether oxygens (including phenoxy) is 1. The van der Waals surface area contributed by atoms with Crippen molar-refractivity contribution in [3.63, 3.8) is 0 Å². The first kappa shape index (κ1) is 16.7. The number of rotatable bonds is 4. The number of methoxy groups -OCH3 is 1. The van der Waals surface area contributed by atoms with Crippen molar-refractivity contribution in [1.29, 1.82) is 0 Å². The Morgan fingerprint density at radius 1 is 1.14 bits per heavy atom. The van der Waals surface area contributed by atoms with Crippen LogP contribution in [0.5, 0.6) is 0 Å². The van der Waals surface area contributed by atoms with E-state index >= 15 is 0 Å². The highest BCUT2D eigenvalue weighted by molar-refractivity contribution is 7.86. The van der Waals surface area contributed by atoms with Crippen molar-refractivity contribution in [2.75, 3.05) is 40.3 Å². The molecule has 2 saturated heterocycles. The van der Waals surface area contributed by atoms with Gasteiger partial charge in [-0.1, -0.05) is 0 Å². The van der Waals surface area contributed by atoms with Crippen molar-refractivity contribution in [1.82, 2.24) is 13.9 Å². The van der Waals surface area contributed by atoms with Gasteiger partial charge in [-0.15, -0.1) is 0 Å². The number of hydrogen-bond acceptors (Lipinski definition) is 5. The van der Waals surface area contributed by atoms with Gasteiger partial charge in [0, 0.05) is 32.2 Å². The predicted molar refractivity (Wildman–Crippen MR) is 78.9 cm³/mol. The standard InChI is InChI=1S/C13H25N3O4S/c1-14-12-4-3-7-16(10-12)21(18,19)15-8-5-11(6-9-15)13(17)20-2/h11-12,14H,3-10H2,1-2H3. The third-order valence-electron chi connectivity index (χ3n) is 4.43. The lowest BCUT2D eigenvalue weighted by atomic mass is 9.99. The zero-order valence-electron chi connectivity index (χ0n) is 12.7. The molecule has 1 atom stereocenters. The first-order valence-electron chi connectivity index (χ1n) is 7.49. The van der Waals surface area contributed by atoms with Crippen LogP contribution in [0.25, 0.3) is 0 Å². The van der Waals surface area contributed by atoms with E-state index in [0.29, 0.717) is 39.0 Å². The maximum Gasteiger partial charge on any atom is 0.308 e. The summed E-state index contributed by atoms with van der Waals surface area (Å²) in [4.78, 5) is 11.5. The van der Waals surface area contributed by atoms with Gasteiger partial charge >= 0.3 is 5.97 Å². The number of carbonyl (C=O) groups is 1. The average Bonchev–Trinajstić information content (AvgIpc) is 2.54. The molecule has 2 rings (SSSR count). The highest BCUT2D eigenvalue weighted by atomic mass is 32.2. The minimum atomic E-state index is -3.41. The van der Waals surface area contributed by atoms with Gasteiger partial charge in [0.25, 0.3) is 10.2 Å². The van der Waals surface area contributed by atoms with Gasteiger partial charge in [-0.05, 0) is 32.7 Å². The lowest BCUT2D eigenvalue weighted by Crippen LogP contribution is -2.53. The fraction of sp³-hybridized carbons (Fsp3) is 0.923. The molecule has 0 aromatic rings. The molecule has 7 nitrogen and oxygen atoms in total. The van der Waals surface area contributed by atoms with Gasteiger partial charge < -0.3 is 10.1 Å². The van der Waals surface area contributed by atoms with Gasteiger partial charge in [-0.2, -0.15) is 17.0 Å². The SMILES string of the molecule is CNC1CCCN(S(=O)(=O)N2CCC(C(=O)OC)CC2)C1. The van der Waals surface area contributed by atoms with Crippen LogP contribution in [0.4, 0.5) is 0 Å². The van der Waals surface area contributed by atoms with E-state index in [9.17, 15) is 13.2 Å². The molecule has 0 bridgehead atoms. The van der Waals surface area contributed by atoms with Crippen LogP contribution < -0.4 is 5.32 Å². The van der Waals surface area contributed by atoms with Crippen molar-refractivity contribution in [2.24, 2.45) is 5.92 Å². The number of hydrogen-bond donors (Lipinski definition) is 1. The Kier molecular flexibility index (Phi) is 5.59. The van der Waals surface area contributed by atoms with Crippen molar-refractivity contribution >= 4 is 16.2 Å². The number of nitrogens with one attached hydrogen (secondary N) is 1. The highest BCUT2D eigenvalue weighted by Gasteiger charge is 2.36. The van der Waals surface area contributed by atoms with Crippen LogP contribution in [0, 0.1) is 5.92 Å². The molecule has 2 aliphatic rings. The van der Waals surface area contributed by atoms with Gasteiger partial charge in [0.05, 0.1) is 13.0 Å². The molecule has 2 heterocycles. The molecule has 0 aliphatic carbocycles. The van der Waals surface area contributed by atoms with E-state index in [-0.39, 0.29) is 17.9 Å². The molecule has 0 spiro atoms. The molecule has 0 radical (unpaired) electrons. The third-order valence-corrected chi connectivity index (χ3v) is 6.44. The summed E-state index contributed by atoms with van der Waals surface area (Å²) in [6, 6.07) is 0.223. The summed E-state index contributed by atoms with van der Waals surface area (Å²) in [7, 11) is -0.174. The van der Waals surface area contributed by atoms with Crippen molar-refractivity contribution < 1.29 is 17.9 Å². The number of nitrogens with zero attached hydrogens (tertiary/aromatic N) is 2. The smallest absolute Gasteiger partial charge is 0.308 e. The quantitative estimate of drug-likeness (QED) is 0.726. The fourth-order valence-electron chi connectivity index (χ4n) is 3.04. The minimum Gasteiger partial charge on any atom is -0.469 e. The summed E-state index contributed by atoms with van der Waals surface area (Å²) in [5.41, 5.74) is 0. The van der Waals surface area contributed by atoms with E-state index in [1.807, 2.05) is 7.05 Å². The first-order valence-corrected chi connectivity index (χ1v) is 8.89. The minimum absolute atomic E-state index is 0.173. The molecule has 0 aromatic carbocycles. The Morgan fingerprint density at radius 3 is 2.38 bits per heavy atom. The summed E-state index contributed by atoms with van der Waals surface area (Å²) in [5.74, 6) is -0.409. The molecule has 2 fully saturated rings. The van der Waals surface area contributed by atoms with E-state index in [0.717, 1.165) is 12.8 Å². The Hall–Kier alpha value is -0.700. The molecule has 1 unspecified atom stereocenters. The van der Waals surface area contributed by atoms with Gasteiger partial charge in [0.1, 0.15) is 0 Å². The Bertz CT molecular complexity index is 460. The normalized spacial score (nSPS) is 26.7. The van der Waals surface area contributed by atoms with Crippen LogP contribution in [-0.2, 0) is 19.7 Å². The third kappa shape index (κ3) is 3.74. The highest BCUT2D eigenvalue weighted by Crippen LogP contribution is 2.24. The van der Waals surface area contributed by atoms with Crippen molar-refractivity contribution in [2.45, 2.75) is 31.7 Å². The second kappa shape index (κ2) is 7.04. The van der Waals surface area contributed by atoms with Crippen LogP contribution in [0.15, 0.2) is 0 Å². The molecular weight excluding hydrogens is 294 g/mol. The van der Waals surface area contributed by atoms with Crippen LogP contribution >= 0.6 is 0 Å². The van der Waals surface area contributed by atoms with Crippen LogP contribution in [-0.4, -0.2) is 69.4 Å². The van der Waals surface area contributed by atoms with Crippen LogP contribution in [0.1, 0.15) is 25.7 Å². The van der Waals surface area contributed by atoms with Gasteiger partial charge in [-0.25, -0.2) is 0 Å². The second-order valence-electron chi connectivity index (χ2n) is 5.69. The molecule has 21 heavy (non-hydrogen) atoms. The maximum atomic E-state index is 12.7. The lowest BCUT2D eigenvalue weighted by Gasteiger charge is -2.37. The monoisotopic (exact) mass is 319 g/mol. The van der Waals surface area contributed by atoms with Gasteiger partial charge in [-0.3, -0.25) is 4.79 Å². The van der Waals surface area contributed by atoms with Gasteiger partial charge in [0.2, 0.25) is 0 Å². The molecule has 0 saturated carbocycles. The van der Waals surface area contributed by atoms with E-state index in [2.05, 4.69) is 5.32 Å². The van der Waals surface area contributed by atoms with E-state index in [1.54, 1.807) is 4.31 Å². The number of likely N-dealkylation sites (N-methyl/N-ethyl adjacent to an activating group) is 1. The van der Waals surface area contributed by atoms with Crippen molar-refractivity contribution in [3.05, 3.63) is 0 Å².